The number of methoxy groups -OCH3 is 1. The van der Waals surface area contributed by atoms with E-state index < -0.39 is 0 Å². The fraction of sp³-hybridized carbons (Fsp3) is 0.438. The van der Waals surface area contributed by atoms with Crippen molar-refractivity contribution in [3.8, 4) is 5.75 Å². The lowest BCUT2D eigenvalue weighted by molar-refractivity contribution is -0.119. The normalized spacial score (nSPS) is 13.5. The Hall–Kier alpha value is -1.61. The van der Waals surface area contributed by atoms with Gasteiger partial charge in [0.1, 0.15) is 5.75 Å². The van der Waals surface area contributed by atoms with E-state index in [2.05, 4.69) is 0 Å². The van der Waals surface area contributed by atoms with Crippen LogP contribution in [0.1, 0.15) is 19.4 Å². The molecule has 1 unspecified atom stereocenters. The summed E-state index contributed by atoms with van der Waals surface area (Å²) in [5, 5.41) is 0. The largest absolute Gasteiger partial charge is 0.497 e. The van der Waals surface area contributed by atoms with Gasteiger partial charge in [-0.3, -0.25) is 4.79 Å². The van der Waals surface area contributed by atoms with Gasteiger partial charge in [-0.1, -0.05) is 19.1 Å². The molecule has 0 bridgehead atoms. The van der Waals surface area contributed by atoms with Gasteiger partial charge in [-0.15, -0.1) is 0 Å². The van der Waals surface area contributed by atoms with E-state index in [-0.39, 0.29) is 11.7 Å². The highest BCUT2D eigenvalue weighted by atomic mass is 16.5. The monoisotopic (exact) mass is 261 g/mol. The first-order chi connectivity index (χ1) is 8.93. The van der Waals surface area contributed by atoms with Crippen LogP contribution in [0.25, 0.3) is 6.08 Å². The molecule has 104 valence electrons. The van der Waals surface area contributed by atoms with Crippen molar-refractivity contribution < 1.29 is 9.53 Å². The summed E-state index contributed by atoms with van der Waals surface area (Å²) in [7, 11) is 5.59. The third-order valence-corrected chi connectivity index (χ3v) is 2.95. The second-order valence-electron chi connectivity index (χ2n) is 5.13. The van der Waals surface area contributed by atoms with Gasteiger partial charge in [0.25, 0.3) is 0 Å². The van der Waals surface area contributed by atoms with Crippen LogP contribution in [0, 0.1) is 5.92 Å². The van der Waals surface area contributed by atoms with Gasteiger partial charge in [-0.2, -0.15) is 0 Å². The Morgan fingerprint density at radius 2 is 2.11 bits per heavy atom. The van der Waals surface area contributed by atoms with Crippen molar-refractivity contribution in [1.82, 2.24) is 4.90 Å². The van der Waals surface area contributed by atoms with E-state index in [1.807, 2.05) is 63.2 Å². The van der Waals surface area contributed by atoms with Crippen molar-refractivity contribution >= 4 is 11.9 Å². The number of carbonyl (C=O) groups excluding carboxylic acids is 1. The van der Waals surface area contributed by atoms with E-state index in [9.17, 15) is 4.79 Å². The van der Waals surface area contributed by atoms with Crippen molar-refractivity contribution in [3.05, 3.63) is 35.4 Å². The molecule has 3 heteroatoms. The Morgan fingerprint density at radius 3 is 2.68 bits per heavy atom. The molecule has 19 heavy (non-hydrogen) atoms. The second-order valence-corrected chi connectivity index (χ2v) is 5.13. The number of Topliss-reactive ketones (excluding diaryl/α,β-unsaturated/α-hetero) is 1. The van der Waals surface area contributed by atoms with Gasteiger partial charge in [0.2, 0.25) is 0 Å². The zero-order valence-corrected chi connectivity index (χ0v) is 12.4. The fourth-order valence-corrected chi connectivity index (χ4v) is 2.07. The quantitative estimate of drug-likeness (QED) is 0.737. The topological polar surface area (TPSA) is 29.5 Å². The molecule has 1 aromatic carbocycles. The van der Waals surface area contributed by atoms with Gasteiger partial charge in [0.15, 0.2) is 5.78 Å². The molecule has 1 aromatic rings. The molecule has 0 aromatic heterocycles. The maximum absolute atomic E-state index is 12.2. The van der Waals surface area contributed by atoms with Gasteiger partial charge in [0.05, 0.1) is 7.11 Å². The molecule has 0 N–H and O–H groups in total. The average molecular weight is 261 g/mol. The number of carbonyl (C=O) groups is 1. The van der Waals surface area contributed by atoms with E-state index in [1.165, 1.54) is 0 Å². The Kier molecular flexibility index (Phi) is 5.77. The van der Waals surface area contributed by atoms with E-state index in [4.69, 9.17) is 4.74 Å². The van der Waals surface area contributed by atoms with Crippen LogP contribution in [0.2, 0.25) is 0 Å². The van der Waals surface area contributed by atoms with Crippen molar-refractivity contribution in [2.45, 2.75) is 13.8 Å². The maximum Gasteiger partial charge on any atom is 0.162 e. The Balaban J connectivity index is 2.82. The molecule has 0 heterocycles. The second kappa shape index (κ2) is 7.10. The van der Waals surface area contributed by atoms with Crippen LogP contribution in [-0.2, 0) is 4.79 Å². The summed E-state index contributed by atoms with van der Waals surface area (Å²) in [6.07, 6.45) is 1.91. The molecule has 0 radical (unpaired) electrons. The summed E-state index contributed by atoms with van der Waals surface area (Å²) in [5.74, 6) is 1.00. The number of hydrogen-bond acceptors (Lipinski definition) is 3. The van der Waals surface area contributed by atoms with E-state index in [0.29, 0.717) is 0 Å². The summed E-state index contributed by atoms with van der Waals surface area (Å²) < 4.78 is 5.18. The van der Waals surface area contributed by atoms with Crippen LogP contribution < -0.4 is 4.74 Å². The summed E-state index contributed by atoms with van der Waals surface area (Å²) in [6.45, 7) is 4.60. The van der Waals surface area contributed by atoms with E-state index >= 15 is 0 Å². The first-order valence-corrected chi connectivity index (χ1v) is 6.45. The minimum Gasteiger partial charge on any atom is -0.497 e. The summed E-state index contributed by atoms with van der Waals surface area (Å²) >= 11 is 0. The molecule has 0 saturated carbocycles. The first kappa shape index (κ1) is 15.4. The van der Waals surface area contributed by atoms with Gasteiger partial charge < -0.3 is 9.64 Å². The minimum atomic E-state index is 0.0110. The zero-order valence-electron chi connectivity index (χ0n) is 12.4. The highest BCUT2D eigenvalue weighted by Gasteiger charge is 2.15. The number of rotatable bonds is 6. The van der Waals surface area contributed by atoms with Crippen LogP contribution in [0.4, 0.5) is 0 Å². The first-order valence-electron chi connectivity index (χ1n) is 6.45. The molecule has 1 atom stereocenters. The average Bonchev–Trinajstić information content (AvgIpc) is 2.37. The van der Waals surface area contributed by atoms with Crippen LogP contribution in [-0.4, -0.2) is 38.4 Å². The zero-order chi connectivity index (χ0) is 14.4. The van der Waals surface area contributed by atoms with Crippen LogP contribution in [0.5, 0.6) is 5.75 Å². The molecule has 0 fully saturated rings. The molecule has 3 nitrogen and oxygen atoms in total. The predicted octanol–water partition coefficient (Wildman–Crippen LogP) is 2.87. The lowest BCUT2D eigenvalue weighted by Gasteiger charge is -2.16. The number of nitrogens with zero attached hydrogens (tertiary/aromatic N) is 1. The number of ketones is 1. The van der Waals surface area contributed by atoms with E-state index in [1.54, 1.807) is 7.11 Å². The van der Waals surface area contributed by atoms with Crippen molar-refractivity contribution in [1.29, 1.82) is 0 Å². The van der Waals surface area contributed by atoms with Crippen molar-refractivity contribution in [2.75, 3.05) is 27.7 Å². The molecular weight excluding hydrogens is 238 g/mol. The third kappa shape index (κ3) is 4.87. The molecule has 1 rings (SSSR count). The Labute approximate surface area is 115 Å². The molecule has 0 saturated heterocycles. The van der Waals surface area contributed by atoms with Gasteiger partial charge in [-0.25, -0.2) is 0 Å². The standard InChI is InChI=1S/C16H23NO2/c1-12(16(18)13(2)11-17(3)4)9-14-7-6-8-15(10-14)19-5/h6-10,13H,11H2,1-5H3/b12-9+. The smallest absolute Gasteiger partial charge is 0.162 e. The molecular formula is C16H23NO2. The van der Waals surface area contributed by atoms with Crippen molar-refractivity contribution in [2.24, 2.45) is 5.92 Å². The Bertz CT molecular complexity index is 464. The van der Waals surface area contributed by atoms with Crippen molar-refractivity contribution in [3.63, 3.8) is 0 Å². The summed E-state index contributed by atoms with van der Waals surface area (Å²) in [6, 6.07) is 7.71. The lowest BCUT2D eigenvalue weighted by Crippen LogP contribution is -2.26. The van der Waals surface area contributed by atoms with E-state index in [0.717, 1.165) is 23.4 Å². The molecule has 0 aliphatic rings. The highest BCUT2D eigenvalue weighted by Crippen LogP contribution is 2.17. The highest BCUT2D eigenvalue weighted by molar-refractivity contribution is 6.00. The fourth-order valence-electron chi connectivity index (χ4n) is 2.07. The molecule has 0 spiro atoms. The Morgan fingerprint density at radius 1 is 1.42 bits per heavy atom. The van der Waals surface area contributed by atoms with Crippen LogP contribution in [0.3, 0.4) is 0 Å². The minimum absolute atomic E-state index is 0.0110. The molecule has 0 aliphatic heterocycles. The molecule has 0 aliphatic carbocycles. The van der Waals surface area contributed by atoms with Crippen LogP contribution >= 0.6 is 0 Å². The van der Waals surface area contributed by atoms with Gasteiger partial charge in [-0.05, 0) is 50.4 Å². The van der Waals surface area contributed by atoms with Gasteiger partial charge >= 0.3 is 0 Å². The summed E-state index contributed by atoms with van der Waals surface area (Å²) in [4.78, 5) is 14.2. The third-order valence-electron chi connectivity index (χ3n) is 2.95. The lowest BCUT2D eigenvalue weighted by atomic mass is 9.98. The molecule has 0 amide bonds. The predicted molar refractivity (Wildman–Crippen MR) is 79.4 cm³/mol. The number of ether oxygens (including phenoxy) is 1. The van der Waals surface area contributed by atoms with Crippen LogP contribution in [0.15, 0.2) is 29.8 Å². The number of benzene rings is 1. The SMILES string of the molecule is COc1cccc(/C=C(\C)C(=O)C(C)CN(C)C)c1. The number of hydrogen-bond donors (Lipinski definition) is 0. The number of allylic oxidation sites excluding steroid dienone is 1. The maximum atomic E-state index is 12.2. The van der Waals surface area contributed by atoms with Gasteiger partial charge in [0, 0.05) is 12.5 Å². The summed E-state index contributed by atoms with van der Waals surface area (Å²) in [5.41, 5.74) is 1.77.